The molecule has 0 aliphatic heterocycles. The van der Waals surface area contributed by atoms with E-state index in [1.54, 1.807) is 32.4 Å². The molecular weight excluding hydrogens is 180 g/mol. The average Bonchev–Trinajstić information content (AvgIpc) is 2.14. The molecule has 14 heavy (non-hydrogen) atoms. The van der Waals surface area contributed by atoms with Gasteiger partial charge in [-0.05, 0) is 6.07 Å². The Morgan fingerprint density at radius 3 is 2.93 bits per heavy atom. The molecule has 0 radical (unpaired) electrons. The van der Waals surface area contributed by atoms with Gasteiger partial charge < -0.3 is 16.0 Å². The van der Waals surface area contributed by atoms with Crippen molar-refractivity contribution in [3.63, 3.8) is 0 Å². The summed E-state index contributed by atoms with van der Waals surface area (Å²) in [5, 5.41) is 2.96. The molecule has 0 aliphatic rings. The Morgan fingerprint density at radius 1 is 1.64 bits per heavy atom. The van der Waals surface area contributed by atoms with E-state index in [4.69, 9.17) is 5.73 Å². The Morgan fingerprint density at radius 2 is 2.36 bits per heavy atom. The normalized spacial score (nSPS) is 9.57. The number of nitrogens with two attached hydrogens (primary N) is 1. The van der Waals surface area contributed by atoms with Crippen molar-refractivity contribution >= 4 is 17.4 Å². The standard InChI is InChI=1S/C9H14N4O/c1-13(2)9(14)6-12-7-3-4-11-8(10)5-7/h3-5H,6H2,1-2H3,(H3,10,11,12). The van der Waals surface area contributed by atoms with Crippen LogP contribution in [0.15, 0.2) is 18.3 Å². The molecule has 3 N–H and O–H groups in total. The Labute approximate surface area is 82.9 Å². The molecule has 0 saturated carbocycles. The lowest BCUT2D eigenvalue weighted by atomic mass is 10.4. The first-order valence-electron chi connectivity index (χ1n) is 4.25. The van der Waals surface area contributed by atoms with E-state index in [1.165, 1.54) is 4.90 Å². The van der Waals surface area contributed by atoms with Gasteiger partial charge in [-0.15, -0.1) is 0 Å². The molecule has 0 unspecified atom stereocenters. The van der Waals surface area contributed by atoms with Crippen LogP contribution in [0, 0.1) is 0 Å². The number of likely N-dealkylation sites (N-methyl/N-ethyl adjacent to an activating group) is 1. The topological polar surface area (TPSA) is 71.2 Å². The molecule has 76 valence electrons. The van der Waals surface area contributed by atoms with Gasteiger partial charge in [0.2, 0.25) is 5.91 Å². The first-order chi connectivity index (χ1) is 6.59. The summed E-state index contributed by atoms with van der Waals surface area (Å²) in [6.07, 6.45) is 1.60. The first kappa shape index (κ1) is 10.3. The number of hydrogen-bond acceptors (Lipinski definition) is 4. The number of aromatic nitrogens is 1. The molecule has 0 bridgehead atoms. The van der Waals surface area contributed by atoms with Crippen LogP contribution >= 0.6 is 0 Å². The van der Waals surface area contributed by atoms with Crippen LogP contribution in [0.5, 0.6) is 0 Å². The highest BCUT2D eigenvalue weighted by Crippen LogP contribution is 2.07. The SMILES string of the molecule is CN(C)C(=O)CNc1ccnc(N)c1. The second kappa shape index (κ2) is 4.45. The second-order valence-electron chi connectivity index (χ2n) is 3.11. The van der Waals surface area contributed by atoms with Crippen molar-refractivity contribution in [3.8, 4) is 0 Å². The lowest BCUT2D eigenvalue weighted by Gasteiger charge is -2.11. The number of amides is 1. The Bertz CT molecular complexity index is 324. The van der Waals surface area contributed by atoms with E-state index in [9.17, 15) is 4.79 Å². The molecule has 5 nitrogen and oxygen atoms in total. The Balaban J connectivity index is 2.50. The lowest BCUT2D eigenvalue weighted by Crippen LogP contribution is -2.28. The van der Waals surface area contributed by atoms with Gasteiger partial charge in [0.25, 0.3) is 0 Å². The van der Waals surface area contributed by atoms with E-state index in [-0.39, 0.29) is 12.5 Å². The van der Waals surface area contributed by atoms with Gasteiger partial charge >= 0.3 is 0 Å². The molecule has 5 heteroatoms. The Hall–Kier alpha value is -1.78. The minimum atomic E-state index is 0.0142. The number of nitrogens with one attached hydrogen (secondary N) is 1. The number of carbonyl (C=O) groups is 1. The number of nitrogens with zero attached hydrogens (tertiary/aromatic N) is 2. The van der Waals surface area contributed by atoms with E-state index in [2.05, 4.69) is 10.3 Å². The summed E-state index contributed by atoms with van der Waals surface area (Å²) < 4.78 is 0. The fourth-order valence-electron chi connectivity index (χ4n) is 0.894. The summed E-state index contributed by atoms with van der Waals surface area (Å²) in [6, 6.07) is 3.45. The molecule has 0 spiro atoms. The highest BCUT2D eigenvalue weighted by molar-refractivity contribution is 5.80. The summed E-state index contributed by atoms with van der Waals surface area (Å²) >= 11 is 0. The van der Waals surface area contributed by atoms with E-state index in [0.717, 1.165) is 5.69 Å². The fraction of sp³-hybridized carbons (Fsp3) is 0.333. The molecular formula is C9H14N4O. The number of hydrogen-bond donors (Lipinski definition) is 2. The Kier molecular flexibility index (Phi) is 3.28. The van der Waals surface area contributed by atoms with Crippen LogP contribution in [0.4, 0.5) is 11.5 Å². The van der Waals surface area contributed by atoms with Crippen molar-refractivity contribution in [2.24, 2.45) is 0 Å². The van der Waals surface area contributed by atoms with Crippen LogP contribution < -0.4 is 11.1 Å². The van der Waals surface area contributed by atoms with Gasteiger partial charge in [0, 0.05) is 32.0 Å². The van der Waals surface area contributed by atoms with Crippen molar-refractivity contribution in [1.29, 1.82) is 0 Å². The molecule has 0 saturated heterocycles. The quantitative estimate of drug-likeness (QED) is 0.719. The third kappa shape index (κ3) is 2.93. The maximum Gasteiger partial charge on any atom is 0.241 e. The van der Waals surface area contributed by atoms with E-state index < -0.39 is 0 Å². The number of nitrogen functional groups attached to an aromatic ring is 1. The van der Waals surface area contributed by atoms with Crippen LogP contribution in [0.3, 0.4) is 0 Å². The van der Waals surface area contributed by atoms with E-state index in [0.29, 0.717) is 5.82 Å². The minimum Gasteiger partial charge on any atom is -0.384 e. The third-order valence-electron chi connectivity index (χ3n) is 1.72. The summed E-state index contributed by atoms with van der Waals surface area (Å²) in [5.41, 5.74) is 6.28. The molecule has 0 aliphatic carbocycles. The van der Waals surface area contributed by atoms with Crippen molar-refractivity contribution in [1.82, 2.24) is 9.88 Å². The number of pyridine rings is 1. The van der Waals surface area contributed by atoms with Gasteiger partial charge in [0.05, 0.1) is 6.54 Å². The summed E-state index contributed by atoms with van der Waals surface area (Å²) in [5.74, 6) is 0.452. The van der Waals surface area contributed by atoms with Crippen LogP contribution in [-0.4, -0.2) is 36.4 Å². The number of anilines is 2. The van der Waals surface area contributed by atoms with Gasteiger partial charge in [0.15, 0.2) is 0 Å². The summed E-state index contributed by atoms with van der Waals surface area (Å²) in [4.78, 5) is 16.6. The highest BCUT2D eigenvalue weighted by Gasteiger charge is 2.02. The summed E-state index contributed by atoms with van der Waals surface area (Å²) in [6.45, 7) is 0.260. The van der Waals surface area contributed by atoms with E-state index >= 15 is 0 Å². The highest BCUT2D eigenvalue weighted by atomic mass is 16.2. The van der Waals surface area contributed by atoms with Gasteiger partial charge in [-0.3, -0.25) is 4.79 Å². The molecule has 1 aromatic heterocycles. The number of rotatable bonds is 3. The van der Waals surface area contributed by atoms with Crippen LogP contribution in [0.2, 0.25) is 0 Å². The van der Waals surface area contributed by atoms with Crippen molar-refractivity contribution in [2.45, 2.75) is 0 Å². The maximum absolute atomic E-state index is 11.2. The monoisotopic (exact) mass is 194 g/mol. The molecule has 0 fully saturated rings. The van der Waals surface area contributed by atoms with Crippen molar-refractivity contribution in [3.05, 3.63) is 18.3 Å². The predicted octanol–water partition coefficient (Wildman–Crippen LogP) is 0.164. The molecule has 1 amide bonds. The smallest absolute Gasteiger partial charge is 0.241 e. The van der Waals surface area contributed by atoms with Crippen LogP contribution in [-0.2, 0) is 4.79 Å². The zero-order chi connectivity index (χ0) is 10.6. The average molecular weight is 194 g/mol. The summed E-state index contributed by atoms with van der Waals surface area (Å²) in [7, 11) is 3.43. The zero-order valence-electron chi connectivity index (χ0n) is 8.32. The molecule has 1 aromatic rings. The predicted molar refractivity (Wildman–Crippen MR) is 55.8 cm³/mol. The zero-order valence-corrected chi connectivity index (χ0v) is 8.32. The fourth-order valence-corrected chi connectivity index (χ4v) is 0.894. The van der Waals surface area contributed by atoms with Gasteiger partial charge in [-0.25, -0.2) is 4.98 Å². The first-order valence-corrected chi connectivity index (χ1v) is 4.25. The second-order valence-corrected chi connectivity index (χ2v) is 3.11. The minimum absolute atomic E-state index is 0.0142. The van der Waals surface area contributed by atoms with Crippen LogP contribution in [0.1, 0.15) is 0 Å². The van der Waals surface area contributed by atoms with Gasteiger partial charge in [-0.2, -0.15) is 0 Å². The molecule has 1 rings (SSSR count). The van der Waals surface area contributed by atoms with Gasteiger partial charge in [-0.1, -0.05) is 0 Å². The largest absolute Gasteiger partial charge is 0.384 e. The molecule has 0 atom stereocenters. The van der Waals surface area contributed by atoms with Crippen LogP contribution in [0.25, 0.3) is 0 Å². The maximum atomic E-state index is 11.2. The third-order valence-corrected chi connectivity index (χ3v) is 1.72. The van der Waals surface area contributed by atoms with Gasteiger partial charge in [0.1, 0.15) is 5.82 Å². The van der Waals surface area contributed by atoms with E-state index in [1.807, 2.05) is 0 Å². The van der Waals surface area contributed by atoms with Crippen molar-refractivity contribution in [2.75, 3.05) is 31.7 Å². The van der Waals surface area contributed by atoms with Crippen molar-refractivity contribution < 1.29 is 4.79 Å². The molecule has 0 aromatic carbocycles. The lowest BCUT2D eigenvalue weighted by molar-refractivity contribution is -0.126. The molecule has 1 heterocycles. The number of carbonyl (C=O) groups excluding carboxylic acids is 1.